The van der Waals surface area contributed by atoms with Gasteiger partial charge in [-0.05, 0) is 76.2 Å². The molecule has 1 saturated heterocycles. The zero-order valence-electron chi connectivity index (χ0n) is 30.3. The summed E-state index contributed by atoms with van der Waals surface area (Å²) < 4.78 is 43.3. The molecule has 0 aliphatic carbocycles. The summed E-state index contributed by atoms with van der Waals surface area (Å²) in [5.41, 5.74) is 0.844. The predicted octanol–water partition coefficient (Wildman–Crippen LogP) is 8.86. The van der Waals surface area contributed by atoms with Crippen LogP contribution in [0.3, 0.4) is 0 Å². The van der Waals surface area contributed by atoms with Gasteiger partial charge in [-0.25, -0.2) is 0 Å². The predicted molar refractivity (Wildman–Crippen MR) is 195 cm³/mol. The van der Waals surface area contributed by atoms with Crippen LogP contribution in [0.2, 0.25) is 18.1 Å². The lowest BCUT2D eigenvalue weighted by molar-refractivity contribution is -0.284. The molecule has 1 fully saturated rings. The lowest BCUT2D eigenvalue weighted by Gasteiger charge is -2.43. The molecule has 0 radical (unpaired) electrons. The van der Waals surface area contributed by atoms with Crippen molar-refractivity contribution in [1.82, 2.24) is 0 Å². The first-order chi connectivity index (χ1) is 21.4. The van der Waals surface area contributed by atoms with Crippen molar-refractivity contribution in [3.05, 3.63) is 51.6 Å². The van der Waals surface area contributed by atoms with E-state index in [-0.39, 0.29) is 53.9 Å². The molecule has 1 aromatic rings. The maximum Gasteiger partial charge on any atom is 0.311 e. The molecule has 0 spiro atoms. The molecule has 0 unspecified atom stereocenters. The Morgan fingerprint density at radius 1 is 1.02 bits per heavy atom. The highest BCUT2D eigenvalue weighted by atomic mass is 127. The third-order valence-corrected chi connectivity index (χ3v) is 14.2. The van der Waals surface area contributed by atoms with Gasteiger partial charge in [0.15, 0.2) is 14.6 Å². The Hall–Kier alpha value is -1.28. The van der Waals surface area contributed by atoms with E-state index in [9.17, 15) is 4.79 Å². The molecule has 0 N–H and O–H groups in total. The Labute approximate surface area is 293 Å². The van der Waals surface area contributed by atoms with Gasteiger partial charge in [0.25, 0.3) is 0 Å². The number of carbonyl (C=O) groups excluding carboxylic acids is 1. The second-order valence-corrected chi connectivity index (χ2v) is 20.6. The van der Waals surface area contributed by atoms with Gasteiger partial charge in [0.05, 0.1) is 44.6 Å². The van der Waals surface area contributed by atoms with E-state index < -0.39 is 26.6 Å². The Morgan fingerprint density at radius 3 is 2.17 bits per heavy atom. The average Bonchev–Trinajstić information content (AvgIpc) is 3.00. The van der Waals surface area contributed by atoms with Gasteiger partial charge in [0.2, 0.25) is 0 Å². The smallest absolute Gasteiger partial charge is 0.311 e. The number of methoxy groups -OCH3 is 3. The largest absolute Gasteiger partial charge is 0.497 e. The van der Waals surface area contributed by atoms with Crippen LogP contribution in [0.1, 0.15) is 73.7 Å². The zero-order valence-corrected chi connectivity index (χ0v) is 33.5. The first-order valence-electron chi connectivity index (χ1n) is 16.3. The third kappa shape index (κ3) is 11.7. The minimum absolute atomic E-state index is 0.00734. The Morgan fingerprint density at radius 2 is 1.65 bits per heavy atom. The van der Waals surface area contributed by atoms with Crippen molar-refractivity contribution in [3.63, 3.8) is 0 Å². The second-order valence-electron chi connectivity index (χ2n) is 14.1. The van der Waals surface area contributed by atoms with Crippen molar-refractivity contribution in [2.45, 2.75) is 111 Å². The van der Waals surface area contributed by atoms with Gasteiger partial charge in [-0.1, -0.05) is 71.9 Å². The van der Waals surface area contributed by atoms with Crippen LogP contribution in [-0.4, -0.2) is 66.8 Å². The van der Waals surface area contributed by atoms with E-state index in [0.717, 1.165) is 11.3 Å². The van der Waals surface area contributed by atoms with Crippen LogP contribution in [0.4, 0.5) is 0 Å². The molecule has 0 bridgehead atoms. The molecule has 10 heteroatoms. The topological polar surface area (TPSA) is 81.7 Å². The number of allylic oxidation sites excluding steroid dienone is 1. The van der Waals surface area contributed by atoms with Crippen LogP contribution in [0.25, 0.3) is 0 Å². The van der Waals surface area contributed by atoms with Crippen LogP contribution in [0.15, 0.2) is 46.1 Å². The molecule has 8 nitrogen and oxygen atoms in total. The van der Waals surface area contributed by atoms with E-state index in [1.807, 2.05) is 31.2 Å². The molecule has 1 aliphatic heterocycles. The number of ether oxygens (including phenoxy) is 6. The van der Waals surface area contributed by atoms with Crippen LogP contribution < -0.4 is 4.74 Å². The Bertz CT molecular complexity index is 1130. The van der Waals surface area contributed by atoms with Crippen molar-refractivity contribution in [2.75, 3.05) is 28.1 Å². The zero-order chi connectivity index (χ0) is 34.8. The van der Waals surface area contributed by atoms with Crippen molar-refractivity contribution >= 4 is 36.9 Å². The molecule has 1 heterocycles. The lowest BCUT2D eigenvalue weighted by Crippen LogP contribution is -2.48. The van der Waals surface area contributed by atoms with E-state index >= 15 is 0 Å². The van der Waals surface area contributed by atoms with Crippen LogP contribution in [0.5, 0.6) is 5.75 Å². The lowest BCUT2D eigenvalue weighted by atomic mass is 9.85. The average molecular weight is 775 g/mol. The number of esters is 1. The standard InChI is InChI=1S/C36H59IO8Si/c1-23(32(24(2)20-25(3)37)45-46(12,13)36(6,7)8)14-17-30(42-22-39-9)21-31-26(4)33(27(5)34(38)41-11)44-35(43-31)28-15-18-29(40-10)19-16-28/h14-20,23-24,26-27,30-33,35H,21-22H2,1-13H3/b17-14-,25-20-/t23-,24-,26-,27+,30+,31-,32-,33-,35+/m0/s1. The van der Waals surface area contributed by atoms with Crippen molar-refractivity contribution in [3.8, 4) is 5.75 Å². The van der Waals surface area contributed by atoms with Crippen LogP contribution >= 0.6 is 22.6 Å². The Balaban J connectivity index is 2.40. The van der Waals surface area contributed by atoms with E-state index in [1.165, 1.54) is 10.7 Å². The third-order valence-electron chi connectivity index (χ3n) is 9.40. The second kappa shape index (κ2) is 18.5. The summed E-state index contributed by atoms with van der Waals surface area (Å²) in [7, 11) is 2.62. The molecular formula is C36H59IO8Si. The summed E-state index contributed by atoms with van der Waals surface area (Å²) in [5.74, 6) is 0.181. The summed E-state index contributed by atoms with van der Waals surface area (Å²) in [4.78, 5) is 12.7. The fourth-order valence-corrected chi connectivity index (χ4v) is 7.57. The molecule has 0 aromatic heterocycles. The first kappa shape index (κ1) is 40.9. The normalized spacial score (nSPS) is 24.7. The fourth-order valence-electron chi connectivity index (χ4n) is 5.54. The van der Waals surface area contributed by atoms with Crippen molar-refractivity contribution in [2.24, 2.45) is 23.7 Å². The summed E-state index contributed by atoms with van der Waals surface area (Å²) in [6.07, 6.45) is 5.51. The van der Waals surface area contributed by atoms with E-state index in [1.54, 1.807) is 14.2 Å². The minimum Gasteiger partial charge on any atom is -0.497 e. The number of carbonyl (C=O) groups is 1. The maximum absolute atomic E-state index is 12.7. The van der Waals surface area contributed by atoms with Crippen molar-refractivity contribution in [1.29, 1.82) is 0 Å². The summed E-state index contributed by atoms with van der Waals surface area (Å²) in [6.45, 7) is 22.1. The van der Waals surface area contributed by atoms with Gasteiger partial charge in [-0.2, -0.15) is 0 Å². The van der Waals surface area contributed by atoms with Crippen molar-refractivity contribution < 1.29 is 37.6 Å². The highest BCUT2D eigenvalue weighted by Crippen LogP contribution is 2.41. The van der Waals surface area contributed by atoms with E-state index in [4.69, 9.17) is 32.8 Å². The highest BCUT2D eigenvalue weighted by Gasteiger charge is 2.44. The molecule has 262 valence electrons. The summed E-state index contributed by atoms with van der Waals surface area (Å²) in [6, 6.07) is 7.60. The van der Waals surface area contributed by atoms with Gasteiger partial charge < -0.3 is 32.8 Å². The monoisotopic (exact) mass is 774 g/mol. The molecule has 2 rings (SSSR count). The van der Waals surface area contributed by atoms with Gasteiger partial charge >= 0.3 is 5.97 Å². The molecule has 46 heavy (non-hydrogen) atoms. The summed E-state index contributed by atoms with van der Waals surface area (Å²) in [5, 5.41) is 0.0937. The molecule has 1 aromatic carbocycles. The molecule has 0 amide bonds. The molecule has 0 saturated carbocycles. The quantitative estimate of drug-likeness (QED) is 0.0542. The van der Waals surface area contributed by atoms with Gasteiger partial charge in [0, 0.05) is 30.9 Å². The number of hydrogen-bond donors (Lipinski definition) is 0. The number of halogens is 1. The van der Waals surface area contributed by atoms with Crippen LogP contribution in [0, 0.1) is 23.7 Å². The maximum atomic E-state index is 12.7. The molecule has 1 aliphatic rings. The molecule has 9 atom stereocenters. The first-order valence-corrected chi connectivity index (χ1v) is 20.3. The summed E-state index contributed by atoms with van der Waals surface area (Å²) >= 11 is 2.37. The molecular weight excluding hydrogens is 715 g/mol. The number of benzene rings is 1. The van der Waals surface area contributed by atoms with Gasteiger partial charge in [-0.3, -0.25) is 4.79 Å². The van der Waals surface area contributed by atoms with Crippen LogP contribution in [-0.2, 0) is 32.9 Å². The van der Waals surface area contributed by atoms with E-state index in [0.29, 0.717) is 6.42 Å². The van der Waals surface area contributed by atoms with E-state index in [2.05, 4.69) is 102 Å². The number of rotatable bonds is 16. The Kier molecular flexibility index (Phi) is 16.4. The SMILES string of the molecule is COCO[C@H](/C=C\[C@H](C)[C@H](O[Si](C)(C)C(C)(C)C)[C@@H](C)/C=C(/C)I)C[C@@H]1O[C@@H](c2ccc(OC)cc2)O[C@H]([C@@H](C)C(=O)OC)[C@H]1C. The number of hydrogen-bond acceptors (Lipinski definition) is 8. The highest BCUT2D eigenvalue weighted by molar-refractivity contribution is 14.1. The minimum atomic E-state index is -2.04. The van der Waals surface area contributed by atoms with Gasteiger partial charge in [-0.15, -0.1) is 0 Å². The van der Waals surface area contributed by atoms with Gasteiger partial charge in [0.1, 0.15) is 12.5 Å². The fraction of sp³-hybridized carbons (Fsp3) is 0.694.